The van der Waals surface area contributed by atoms with Crippen molar-refractivity contribution in [3.63, 3.8) is 0 Å². The lowest BCUT2D eigenvalue weighted by Gasteiger charge is -2.22. The third-order valence-corrected chi connectivity index (χ3v) is 5.43. The van der Waals surface area contributed by atoms with Gasteiger partial charge < -0.3 is 14.6 Å². The highest BCUT2D eigenvalue weighted by Gasteiger charge is 2.28. The van der Waals surface area contributed by atoms with Crippen molar-refractivity contribution in [3.8, 4) is 0 Å². The van der Waals surface area contributed by atoms with E-state index in [1.165, 1.54) is 0 Å². The van der Waals surface area contributed by atoms with E-state index < -0.39 is 40.4 Å². The van der Waals surface area contributed by atoms with Gasteiger partial charge in [0.1, 0.15) is 50.0 Å². The molecule has 164 valence electrons. The number of aromatic carboxylic acids is 1. The molecule has 0 atom stereocenters. The highest BCUT2D eigenvalue weighted by molar-refractivity contribution is 7.85. The van der Waals surface area contributed by atoms with Crippen LogP contribution in [0.5, 0.6) is 0 Å². The van der Waals surface area contributed by atoms with Gasteiger partial charge in [0.05, 0.1) is 17.2 Å². The first-order chi connectivity index (χ1) is 14.5. The van der Waals surface area contributed by atoms with E-state index in [1.54, 1.807) is 0 Å². The molecule has 0 unspecified atom stereocenters. The Balaban J connectivity index is 3.27. The highest BCUT2D eigenvalue weighted by atomic mass is 32.2. The molecule has 0 amide bonds. The first kappa shape index (κ1) is 26.6. The molecule has 14 heteroatoms. The van der Waals surface area contributed by atoms with Crippen LogP contribution in [0.15, 0.2) is 12.3 Å². The van der Waals surface area contributed by atoms with Crippen LogP contribution in [-0.4, -0.2) is 79.7 Å². The average molecular weight is 448 g/mol. The lowest BCUT2D eigenvalue weighted by Crippen LogP contribution is -2.21. The van der Waals surface area contributed by atoms with Gasteiger partial charge in [-0.15, -0.1) is 0 Å². The van der Waals surface area contributed by atoms with Gasteiger partial charge in [0.15, 0.2) is 0 Å². The van der Waals surface area contributed by atoms with Gasteiger partial charge in [0.25, 0.3) is 10.1 Å². The van der Waals surface area contributed by atoms with Gasteiger partial charge in [0.2, 0.25) is 0 Å². The molecule has 1 aromatic carbocycles. The molecule has 1 aromatic rings. The molecule has 0 aliphatic heterocycles. The molecule has 2 N–H and O–H groups in total. The second-order valence-electron chi connectivity index (χ2n) is 6.55. The first-order valence-electron chi connectivity index (χ1n) is 9.94. The van der Waals surface area contributed by atoms with E-state index >= 15 is 0 Å². The fraction of sp³-hybridized carbons (Fsp3) is 0.353. The van der Waals surface area contributed by atoms with Crippen molar-refractivity contribution in [3.05, 3.63) is 45.7 Å². The fourth-order valence-electron chi connectivity index (χ4n) is 3.57. The predicted molar refractivity (Wildman–Crippen MR) is 124 cm³/mol. The summed E-state index contributed by atoms with van der Waals surface area (Å²) in [5.41, 5.74) is 2.90. The molecule has 0 spiro atoms. The summed E-state index contributed by atoms with van der Waals surface area (Å²) in [5.74, 6) is -3.90. The maximum atomic E-state index is 12.8. The Morgan fingerprint density at radius 2 is 1.35 bits per heavy atom. The Morgan fingerprint density at radius 1 is 0.871 bits per heavy atom. The lowest BCUT2D eigenvalue weighted by molar-refractivity contribution is -0.137. The summed E-state index contributed by atoms with van der Waals surface area (Å²) >= 11 is 0. The van der Waals surface area contributed by atoms with Crippen LogP contribution in [0, 0.1) is 0 Å². The van der Waals surface area contributed by atoms with Gasteiger partial charge in [-0.25, -0.2) is 14.4 Å². The SMILES string of the molecule is BCc1c(CB)c(CB)c(C(=O)O/C=C/C(=O)OCCS(=O)(=O)O)c(C(=O)O)c1CB. The summed E-state index contributed by atoms with van der Waals surface area (Å²) < 4.78 is 39.4. The van der Waals surface area contributed by atoms with E-state index in [4.69, 9.17) is 9.29 Å². The average Bonchev–Trinajstić information content (AvgIpc) is 2.69. The Kier molecular flexibility index (Phi) is 10.1. The van der Waals surface area contributed by atoms with E-state index in [2.05, 4.69) is 4.74 Å². The Bertz CT molecular complexity index is 990. The van der Waals surface area contributed by atoms with Crippen molar-refractivity contribution in [2.24, 2.45) is 0 Å². The number of carbonyl (C=O) groups is 3. The second kappa shape index (κ2) is 11.8. The molecule has 0 radical (unpaired) electrons. The number of benzene rings is 1. The second-order valence-corrected chi connectivity index (χ2v) is 8.12. The monoisotopic (exact) mass is 448 g/mol. The minimum Gasteiger partial charge on any atom is -0.478 e. The van der Waals surface area contributed by atoms with Gasteiger partial charge in [-0.2, -0.15) is 8.42 Å². The molecule has 0 heterocycles. The number of ether oxygens (including phenoxy) is 2. The minimum atomic E-state index is -4.27. The third kappa shape index (κ3) is 7.03. The van der Waals surface area contributed by atoms with Crippen molar-refractivity contribution in [2.45, 2.75) is 25.3 Å². The summed E-state index contributed by atoms with van der Waals surface area (Å²) in [6.45, 7) is -0.572. The molecule has 9 nitrogen and oxygen atoms in total. The zero-order chi connectivity index (χ0) is 23.8. The molecule has 0 aliphatic carbocycles. The van der Waals surface area contributed by atoms with Gasteiger partial charge in [0, 0.05) is 0 Å². The molecule has 0 saturated heterocycles. The van der Waals surface area contributed by atoms with Crippen LogP contribution in [-0.2, 0) is 49.7 Å². The maximum Gasteiger partial charge on any atom is 0.344 e. The molecular formula is C17H24B4O9S. The third-order valence-electron chi connectivity index (χ3n) is 4.74. The summed E-state index contributed by atoms with van der Waals surface area (Å²) in [6.07, 6.45) is 3.62. The number of esters is 2. The van der Waals surface area contributed by atoms with Crippen LogP contribution < -0.4 is 0 Å². The standard InChI is InChI=1S/C17H24B4O9S/c18-5-9-10(6-19)12(8-21)15(14(16(23)24)11(9)7-20)17(25)30-2-1-13(22)29-3-4-31(26,27)28/h1-2H,3-8,18-21H2,(H,23,24)(H,26,27,28)/b2-1+. The molecule has 0 fully saturated rings. The van der Waals surface area contributed by atoms with E-state index in [0.717, 1.165) is 23.5 Å². The lowest BCUT2D eigenvalue weighted by atomic mass is 9.72. The summed E-state index contributed by atoms with van der Waals surface area (Å²) in [6, 6.07) is 0. The predicted octanol–water partition coefficient (Wildman–Crippen LogP) is -2.98. The van der Waals surface area contributed by atoms with Crippen LogP contribution in [0.2, 0.25) is 0 Å². The Hall–Kier alpha value is -2.46. The van der Waals surface area contributed by atoms with E-state index in [0.29, 0.717) is 36.4 Å². The molecule has 0 aliphatic rings. The van der Waals surface area contributed by atoms with Crippen LogP contribution in [0.1, 0.15) is 43.0 Å². The zero-order valence-corrected chi connectivity index (χ0v) is 18.9. The Labute approximate surface area is 184 Å². The highest BCUT2D eigenvalue weighted by Crippen LogP contribution is 2.30. The minimum absolute atomic E-state index is 0.0368. The molecule has 31 heavy (non-hydrogen) atoms. The smallest absolute Gasteiger partial charge is 0.344 e. The molecule has 0 aromatic heterocycles. The number of hydrogen-bond donors (Lipinski definition) is 2. The van der Waals surface area contributed by atoms with E-state index in [9.17, 15) is 27.9 Å². The largest absolute Gasteiger partial charge is 0.478 e. The first-order valence-corrected chi connectivity index (χ1v) is 11.5. The van der Waals surface area contributed by atoms with Gasteiger partial charge in [-0.05, 0) is 22.3 Å². The molecule has 1 rings (SSSR count). The van der Waals surface area contributed by atoms with Crippen LogP contribution in [0.3, 0.4) is 0 Å². The number of carboxylic acid groups (broad SMARTS) is 1. The molecule has 0 saturated carbocycles. The van der Waals surface area contributed by atoms with Crippen LogP contribution >= 0.6 is 0 Å². The maximum absolute atomic E-state index is 12.8. The van der Waals surface area contributed by atoms with Crippen molar-refractivity contribution in [2.75, 3.05) is 12.4 Å². The quantitative estimate of drug-likeness (QED) is 0.119. The normalized spacial score (nSPS) is 11.4. The van der Waals surface area contributed by atoms with Crippen molar-refractivity contribution < 1.29 is 41.9 Å². The summed E-state index contributed by atoms with van der Waals surface area (Å²) in [7, 11) is 3.25. The number of rotatable bonds is 11. The topological polar surface area (TPSA) is 144 Å². The van der Waals surface area contributed by atoms with Gasteiger partial charge in [-0.3, -0.25) is 4.55 Å². The van der Waals surface area contributed by atoms with Crippen molar-refractivity contribution >= 4 is 59.4 Å². The van der Waals surface area contributed by atoms with E-state index in [-0.39, 0.29) is 11.1 Å². The van der Waals surface area contributed by atoms with Crippen LogP contribution in [0.25, 0.3) is 0 Å². The van der Waals surface area contributed by atoms with Crippen molar-refractivity contribution in [1.29, 1.82) is 0 Å². The summed E-state index contributed by atoms with van der Waals surface area (Å²) in [5, 5.41) is 9.84. The molecule has 0 bridgehead atoms. The van der Waals surface area contributed by atoms with Crippen LogP contribution in [0.4, 0.5) is 0 Å². The van der Waals surface area contributed by atoms with Gasteiger partial charge >= 0.3 is 17.9 Å². The van der Waals surface area contributed by atoms with Gasteiger partial charge in [-0.1, -0.05) is 25.3 Å². The molecular weight excluding hydrogens is 423 g/mol. The van der Waals surface area contributed by atoms with Crippen molar-refractivity contribution in [1.82, 2.24) is 0 Å². The fourth-order valence-corrected chi connectivity index (χ4v) is 3.86. The van der Waals surface area contributed by atoms with E-state index in [1.807, 2.05) is 31.4 Å². The summed E-state index contributed by atoms with van der Waals surface area (Å²) in [4.78, 5) is 36.4. The Morgan fingerprint density at radius 3 is 1.77 bits per heavy atom. The number of carbonyl (C=O) groups excluding carboxylic acids is 2. The zero-order valence-electron chi connectivity index (χ0n) is 18.1. The number of carboxylic acids is 1. The number of hydrogen-bond acceptors (Lipinski definition) is 7.